The molecule has 0 bridgehead atoms. The van der Waals surface area contributed by atoms with Crippen LogP contribution < -0.4 is 0 Å². The van der Waals surface area contributed by atoms with E-state index in [1.54, 1.807) is 0 Å². The van der Waals surface area contributed by atoms with Crippen LogP contribution in [0, 0.1) is 0 Å². The Morgan fingerprint density at radius 1 is 0.846 bits per heavy atom. The zero-order valence-corrected chi connectivity index (χ0v) is 25.5. The molecule has 0 spiro atoms. The molecule has 208 valence electrons. The summed E-state index contributed by atoms with van der Waals surface area (Å²) in [6, 6.07) is 19.6. The minimum absolute atomic E-state index is 0.963. The number of allylic oxidation sites excluding steroid dienone is 9. The number of hydrogen-bond donors (Lipinski definition) is 0. The van der Waals surface area contributed by atoms with Crippen LogP contribution >= 0.6 is 0 Å². The van der Waals surface area contributed by atoms with Crippen molar-refractivity contribution in [2.75, 3.05) is 19.6 Å². The topological polar surface area (TPSA) is 3.24 Å². The fourth-order valence-corrected chi connectivity index (χ4v) is 5.06. The second-order valence-corrected chi connectivity index (χ2v) is 10.4. The molecule has 1 nitrogen and oxygen atoms in total. The average molecular weight is 522 g/mol. The van der Waals surface area contributed by atoms with Gasteiger partial charge in [-0.3, -0.25) is 0 Å². The maximum atomic E-state index is 4.51. The minimum Gasteiger partial charge on any atom is -0.303 e. The predicted molar refractivity (Wildman–Crippen MR) is 176 cm³/mol. The van der Waals surface area contributed by atoms with Gasteiger partial charge in [0.2, 0.25) is 0 Å². The van der Waals surface area contributed by atoms with Crippen LogP contribution in [0.1, 0.15) is 83.9 Å². The molecule has 0 aliphatic carbocycles. The average Bonchev–Trinajstić information content (AvgIpc) is 2.94. The highest BCUT2D eigenvalue weighted by Crippen LogP contribution is 2.37. The first-order valence-electron chi connectivity index (χ1n) is 14.8. The van der Waals surface area contributed by atoms with Gasteiger partial charge in [0.05, 0.1) is 0 Å². The summed E-state index contributed by atoms with van der Waals surface area (Å²) in [5.74, 6) is 0. The molecule has 1 heteroatoms. The van der Waals surface area contributed by atoms with Gasteiger partial charge >= 0.3 is 0 Å². The normalized spacial score (nSPS) is 13.2. The molecule has 0 unspecified atom stereocenters. The molecular formula is C38H51N. The molecule has 0 aliphatic heterocycles. The molecule has 2 aromatic carbocycles. The molecule has 2 aromatic rings. The fraction of sp³-hybridized carbons (Fsp3) is 0.368. The maximum absolute atomic E-state index is 4.51. The number of rotatable bonds is 16. The van der Waals surface area contributed by atoms with Crippen LogP contribution in [0.25, 0.3) is 11.6 Å². The van der Waals surface area contributed by atoms with Crippen LogP contribution in [0.5, 0.6) is 0 Å². The molecule has 0 aromatic heterocycles. The highest BCUT2D eigenvalue weighted by Gasteiger charge is 2.17. The van der Waals surface area contributed by atoms with E-state index in [9.17, 15) is 0 Å². The van der Waals surface area contributed by atoms with Gasteiger partial charge in [0, 0.05) is 0 Å². The second kappa shape index (κ2) is 17.4. The van der Waals surface area contributed by atoms with Gasteiger partial charge in [-0.05, 0) is 123 Å². The van der Waals surface area contributed by atoms with Crippen molar-refractivity contribution in [3.05, 3.63) is 131 Å². The van der Waals surface area contributed by atoms with Crippen molar-refractivity contribution in [2.24, 2.45) is 0 Å². The number of nitrogens with zero attached hydrogens (tertiary/aromatic N) is 1. The monoisotopic (exact) mass is 521 g/mol. The van der Waals surface area contributed by atoms with Crippen molar-refractivity contribution in [3.63, 3.8) is 0 Å². The third-order valence-corrected chi connectivity index (χ3v) is 7.07. The van der Waals surface area contributed by atoms with Gasteiger partial charge in [-0.25, -0.2) is 0 Å². The Morgan fingerprint density at radius 3 is 2.03 bits per heavy atom. The Bertz CT molecular complexity index is 1160. The van der Waals surface area contributed by atoms with E-state index in [0.29, 0.717) is 0 Å². The Hall–Kier alpha value is -3.16. The Morgan fingerprint density at radius 2 is 1.49 bits per heavy atom. The van der Waals surface area contributed by atoms with Crippen LogP contribution in [-0.4, -0.2) is 24.5 Å². The quantitative estimate of drug-likeness (QED) is 0.199. The summed E-state index contributed by atoms with van der Waals surface area (Å²) in [5.41, 5.74) is 10.6. The second-order valence-electron chi connectivity index (χ2n) is 10.4. The summed E-state index contributed by atoms with van der Waals surface area (Å²) < 4.78 is 0. The smallest absolute Gasteiger partial charge is 0.00156 e. The fourth-order valence-electron chi connectivity index (χ4n) is 5.06. The number of aryl methyl sites for hydroxylation is 1. The minimum atomic E-state index is 0.963. The van der Waals surface area contributed by atoms with Crippen LogP contribution in [0.15, 0.2) is 114 Å². The number of benzene rings is 2. The molecule has 2 rings (SSSR count). The molecule has 0 amide bonds. The standard InChI is InChI=1S/C38H51N/c1-9-17-36(31(7)12-4)38(35-19-14-13-15-20-35)37(30(5)6)32(8)21-22-34-25-23-33(24-26-34)18-16-29-39(27-10-2)28-11-3/h12-15,17,19-26H,5,8-11,16,18,27-29H2,1-4,6-7H3/b22-21+,31-12-,36-17+,38-37+. The number of hydrogen-bond acceptors (Lipinski definition) is 1. The molecule has 0 aliphatic rings. The molecule has 39 heavy (non-hydrogen) atoms. The van der Waals surface area contributed by atoms with Crippen molar-refractivity contribution in [2.45, 2.75) is 73.6 Å². The lowest BCUT2D eigenvalue weighted by Crippen LogP contribution is -2.26. The van der Waals surface area contributed by atoms with E-state index in [2.05, 4.69) is 139 Å². The zero-order valence-electron chi connectivity index (χ0n) is 25.5. The third-order valence-electron chi connectivity index (χ3n) is 7.07. The summed E-state index contributed by atoms with van der Waals surface area (Å²) in [7, 11) is 0. The summed E-state index contributed by atoms with van der Waals surface area (Å²) >= 11 is 0. The Labute approximate surface area is 240 Å². The Balaban J connectivity index is 2.31. The zero-order chi connectivity index (χ0) is 28.6. The van der Waals surface area contributed by atoms with Crippen molar-refractivity contribution in [1.29, 1.82) is 0 Å². The van der Waals surface area contributed by atoms with Gasteiger partial charge in [-0.2, -0.15) is 0 Å². The molecule has 0 radical (unpaired) electrons. The van der Waals surface area contributed by atoms with Gasteiger partial charge in [0.15, 0.2) is 0 Å². The van der Waals surface area contributed by atoms with Crippen LogP contribution in [0.2, 0.25) is 0 Å². The highest BCUT2D eigenvalue weighted by molar-refractivity contribution is 5.90. The van der Waals surface area contributed by atoms with E-state index in [1.165, 1.54) is 72.3 Å². The van der Waals surface area contributed by atoms with E-state index in [-0.39, 0.29) is 0 Å². The van der Waals surface area contributed by atoms with Crippen LogP contribution in [0.3, 0.4) is 0 Å². The summed E-state index contributed by atoms with van der Waals surface area (Å²) in [6.07, 6.45) is 14.6. The molecule has 0 heterocycles. The summed E-state index contributed by atoms with van der Waals surface area (Å²) in [5, 5.41) is 0. The first-order valence-corrected chi connectivity index (χ1v) is 14.8. The lowest BCUT2D eigenvalue weighted by atomic mass is 9.83. The lowest BCUT2D eigenvalue weighted by molar-refractivity contribution is 0.271. The van der Waals surface area contributed by atoms with Crippen LogP contribution in [0.4, 0.5) is 0 Å². The first-order chi connectivity index (χ1) is 18.9. The van der Waals surface area contributed by atoms with Gasteiger partial charge in [-0.1, -0.05) is 113 Å². The van der Waals surface area contributed by atoms with E-state index in [1.807, 2.05) is 0 Å². The summed E-state index contributed by atoms with van der Waals surface area (Å²) in [4.78, 5) is 2.60. The van der Waals surface area contributed by atoms with Gasteiger partial charge in [0.25, 0.3) is 0 Å². The highest BCUT2D eigenvalue weighted by atomic mass is 15.1. The molecule has 0 saturated carbocycles. The predicted octanol–water partition coefficient (Wildman–Crippen LogP) is 10.6. The van der Waals surface area contributed by atoms with Gasteiger partial charge in [0.1, 0.15) is 0 Å². The molecule has 0 fully saturated rings. The van der Waals surface area contributed by atoms with Gasteiger partial charge in [-0.15, -0.1) is 0 Å². The van der Waals surface area contributed by atoms with E-state index < -0.39 is 0 Å². The largest absolute Gasteiger partial charge is 0.303 e. The first kappa shape index (κ1) is 32.1. The van der Waals surface area contributed by atoms with Crippen molar-refractivity contribution >= 4 is 11.6 Å². The van der Waals surface area contributed by atoms with Crippen molar-refractivity contribution < 1.29 is 0 Å². The summed E-state index contributed by atoms with van der Waals surface area (Å²) in [6.45, 7) is 25.6. The van der Waals surface area contributed by atoms with E-state index in [4.69, 9.17) is 0 Å². The third kappa shape index (κ3) is 10.2. The van der Waals surface area contributed by atoms with E-state index in [0.717, 1.165) is 29.6 Å². The van der Waals surface area contributed by atoms with Crippen LogP contribution in [-0.2, 0) is 6.42 Å². The van der Waals surface area contributed by atoms with E-state index >= 15 is 0 Å². The maximum Gasteiger partial charge on any atom is -0.00156 e. The van der Waals surface area contributed by atoms with Crippen molar-refractivity contribution in [3.8, 4) is 0 Å². The lowest BCUT2D eigenvalue weighted by Gasteiger charge is -2.21. The Kier molecular flexibility index (Phi) is 14.3. The van der Waals surface area contributed by atoms with Crippen molar-refractivity contribution in [1.82, 2.24) is 4.90 Å². The molecular weight excluding hydrogens is 470 g/mol. The SMILES string of the molecule is C=C(C)\C(C(=C)/C=C/c1ccc(CCCN(CCC)CCC)cc1)=C(C(=C/CC)/C(C)=C\C)\c1ccccc1. The molecule has 0 atom stereocenters. The molecule has 0 N–H and O–H groups in total. The molecule has 0 saturated heterocycles. The van der Waals surface area contributed by atoms with Gasteiger partial charge < -0.3 is 4.90 Å².